The molecule has 1 N–H and O–H groups in total. The van der Waals surface area contributed by atoms with Crippen LogP contribution in [0.15, 0.2) is 71.6 Å². The first kappa shape index (κ1) is 29.9. The molecule has 0 unspecified atom stereocenters. The number of rotatable bonds is 11. The van der Waals surface area contributed by atoms with Gasteiger partial charge in [0.1, 0.15) is 12.6 Å². The van der Waals surface area contributed by atoms with E-state index < -0.39 is 28.5 Å². The molecule has 8 heteroatoms. The predicted octanol–water partition coefficient (Wildman–Crippen LogP) is 5.06. The first-order valence-electron chi connectivity index (χ1n) is 13.2. The Kier molecular flexibility index (Phi) is 9.92. The summed E-state index contributed by atoms with van der Waals surface area (Å²) in [6, 6.07) is 19.0. The molecule has 0 heterocycles. The second kappa shape index (κ2) is 12.9. The Morgan fingerprint density at radius 1 is 0.821 bits per heavy atom. The summed E-state index contributed by atoms with van der Waals surface area (Å²) in [4.78, 5) is 28.5. The number of hydrogen-bond acceptors (Lipinski definition) is 4. The van der Waals surface area contributed by atoms with Crippen molar-refractivity contribution in [3.8, 4) is 0 Å². The van der Waals surface area contributed by atoms with Crippen molar-refractivity contribution in [1.29, 1.82) is 0 Å². The number of benzene rings is 3. The molecule has 2 amide bonds. The Bertz CT molecular complexity index is 1380. The fraction of sp³-hybridized carbons (Fsp3) is 0.355. The maximum atomic E-state index is 14.0. The van der Waals surface area contributed by atoms with E-state index in [-0.39, 0.29) is 17.3 Å². The van der Waals surface area contributed by atoms with Crippen molar-refractivity contribution in [2.45, 2.75) is 65.4 Å². The maximum absolute atomic E-state index is 14.0. The van der Waals surface area contributed by atoms with Gasteiger partial charge in [0, 0.05) is 13.1 Å². The normalized spacial score (nSPS) is 12.1. The average Bonchev–Trinajstić information content (AvgIpc) is 2.89. The summed E-state index contributed by atoms with van der Waals surface area (Å²) in [5.74, 6) is -0.749. The Morgan fingerprint density at radius 2 is 1.36 bits per heavy atom. The fourth-order valence-electron chi connectivity index (χ4n) is 4.33. The zero-order valence-corrected chi connectivity index (χ0v) is 24.5. The van der Waals surface area contributed by atoms with Crippen LogP contribution in [0.25, 0.3) is 0 Å². The molecule has 208 valence electrons. The molecule has 0 aliphatic heterocycles. The van der Waals surface area contributed by atoms with Crippen LogP contribution in [0.3, 0.4) is 0 Å². The molecule has 39 heavy (non-hydrogen) atoms. The fourth-order valence-corrected chi connectivity index (χ4v) is 5.73. The summed E-state index contributed by atoms with van der Waals surface area (Å²) in [6.45, 7) is 11.5. The van der Waals surface area contributed by atoms with Crippen LogP contribution in [-0.2, 0) is 26.2 Å². The van der Waals surface area contributed by atoms with E-state index in [1.54, 1.807) is 43.3 Å². The summed E-state index contributed by atoms with van der Waals surface area (Å²) in [5.41, 5.74) is 5.02. The van der Waals surface area contributed by atoms with E-state index >= 15 is 0 Å². The molecule has 0 saturated heterocycles. The monoisotopic (exact) mass is 549 g/mol. The molecule has 7 nitrogen and oxygen atoms in total. The number of sulfonamides is 1. The van der Waals surface area contributed by atoms with Gasteiger partial charge in [-0.1, -0.05) is 60.5 Å². The third-order valence-corrected chi connectivity index (χ3v) is 8.36. The quantitative estimate of drug-likeness (QED) is 0.362. The summed E-state index contributed by atoms with van der Waals surface area (Å²) >= 11 is 0. The summed E-state index contributed by atoms with van der Waals surface area (Å²) in [7, 11) is -4.09. The number of carbonyl (C=O) groups is 2. The van der Waals surface area contributed by atoms with Crippen LogP contribution in [0.4, 0.5) is 5.69 Å². The molecule has 0 aromatic heterocycles. The van der Waals surface area contributed by atoms with Crippen LogP contribution >= 0.6 is 0 Å². The number of nitrogens with zero attached hydrogens (tertiary/aromatic N) is 2. The van der Waals surface area contributed by atoms with E-state index in [2.05, 4.69) is 5.32 Å². The third-order valence-electron chi connectivity index (χ3n) is 6.57. The van der Waals surface area contributed by atoms with Crippen LogP contribution in [0.5, 0.6) is 0 Å². The van der Waals surface area contributed by atoms with Gasteiger partial charge in [-0.05, 0) is 82.0 Å². The van der Waals surface area contributed by atoms with Gasteiger partial charge >= 0.3 is 0 Å². The van der Waals surface area contributed by atoms with Gasteiger partial charge in [-0.3, -0.25) is 13.9 Å². The molecular weight excluding hydrogens is 510 g/mol. The zero-order valence-electron chi connectivity index (χ0n) is 23.7. The van der Waals surface area contributed by atoms with Gasteiger partial charge < -0.3 is 10.2 Å². The molecule has 0 aliphatic carbocycles. The second-order valence-corrected chi connectivity index (χ2v) is 12.0. The van der Waals surface area contributed by atoms with Gasteiger partial charge in [0.25, 0.3) is 10.0 Å². The lowest BCUT2D eigenvalue weighted by molar-refractivity contribution is -0.139. The van der Waals surface area contributed by atoms with Crippen molar-refractivity contribution in [3.63, 3.8) is 0 Å². The molecule has 3 rings (SSSR count). The molecule has 0 spiro atoms. The minimum atomic E-state index is -4.09. The van der Waals surface area contributed by atoms with Gasteiger partial charge in [0.2, 0.25) is 11.8 Å². The number of nitrogens with one attached hydrogen (secondary N) is 1. The molecule has 0 bridgehead atoms. The number of aryl methyl sites for hydroxylation is 4. The summed E-state index contributed by atoms with van der Waals surface area (Å²) in [5, 5.41) is 2.86. The lowest BCUT2D eigenvalue weighted by Gasteiger charge is -2.32. The molecule has 3 aromatic rings. The summed E-state index contributed by atoms with van der Waals surface area (Å²) in [6.07, 6.45) is 0.764. The van der Waals surface area contributed by atoms with Crippen molar-refractivity contribution < 1.29 is 18.0 Å². The highest BCUT2D eigenvalue weighted by Crippen LogP contribution is 2.27. The molecule has 3 aromatic carbocycles. The SMILES string of the molecule is CCCNC(=O)[C@@H](C)N(Cc1ccc(C)cc1)C(=O)CN(c1cc(C)cc(C)c1)S(=O)(=O)c1ccc(C)cc1. The lowest BCUT2D eigenvalue weighted by atomic mass is 10.1. The first-order valence-corrected chi connectivity index (χ1v) is 14.7. The van der Waals surface area contributed by atoms with Crippen molar-refractivity contribution in [2.24, 2.45) is 0 Å². The Labute approximate surface area is 232 Å². The highest BCUT2D eigenvalue weighted by Gasteiger charge is 2.32. The van der Waals surface area contributed by atoms with Gasteiger partial charge in [-0.25, -0.2) is 8.42 Å². The van der Waals surface area contributed by atoms with Crippen LogP contribution in [0, 0.1) is 27.7 Å². The molecule has 0 fully saturated rings. The number of hydrogen-bond donors (Lipinski definition) is 1. The minimum Gasteiger partial charge on any atom is -0.354 e. The predicted molar refractivity (Wildman–Crippen MR) is 156 cm³/mol. The van der Waals surface area contributed by atoms with Crippen molar-refractivity contribution >= 4 is 27.5 Å². The van der Waals surface area contributed by atoms with E-state index in [1.165, 1.54) is 4.90 Å². The van der Waals surface area contributed by atoms with E-state index in [0.717, 1.165) is 38.5 Å². The van der Waals surface area contributed by atoms with Crippen LogP contribution in [-0.4, -0.2) is 44.3 Å². The first-order chi connectivity index (χ1) is 18.4. The zero-order chi connectivity index (χ0) is 28.7. The van der Waals surface area contributed by atoms with Crippen LogP contribution in [0.1, 0.15) is 48.1 Å². The van der Waals surface area contributed by atoms with E-state index in [1.807, 2.05) is 65.0 Å². The van der Waals surface area contributed by atoms with Gasteiger partial charge in [0.05, 0.1) is 10.6 Å². The van der Waals surface area contributed by atoms with Crippen molar-refractivity contribution in [1.82, 2.24) is 10.2 Å². The Balaban J connectivity index is 2.04. The van der Waals surface area contributed by atoms with E-state index in [9.17, 15) is 18.0 Å². The second-order valence-electron chi connectivity index (χ2n) is 10.1. The topological polar surface area (TPSA) is 86.8 Å². The number of carbonyl (C=O) groups excluding carboxylic acids is 2. The number of anilines is 1. The maximum Gasteiger partial charge on any atom is 0.264 e. The smallest absolute Gasteiger partial charge is 0.264 e. The average molecular weight is 550 g/mol. The molecule has 0 saturated carbocycles. The van der Waals surface area contributed by atoms with Gasteiger partial charge in [-0.2, -0.15) is 0 Å². The van der Waals surface area contributed by atoms with Crippen molar-refractivity contribution in [3.05, 3.63) is 94.5 Å². The van der Waals surface area contributed by atoms with Gasteiger partial charge in [-0.15, -0.1) is 0 Å². The minimum absolute atomic E-state index is 0.0962. The highest BCUT2D eigenvalue weighted by atomic mass is 32.2. The number of amides is 2. The summed E-state index contributed by atoms with van der Waals surface area (Å²) < 4.78 is 29.0. The largest absolute Gasteiger partial charge is 0.354 e. The van der Waals surface area contributed by atoms with Crippen LogP contribution in [0.2, 0.25) is 0 Å². The standard InChI is InChI=1S/C31H39N3O4S/c1-7-16-32-31(36)26(6)33(20-27-12-8-22(2)9-13-27)30(35)21-34(28-18-24(4)17-25(5)19-28)39(37,38)29-14-10-23(3)11-15-29/h8-15,17-19,26H,7,16,20-21H2,1-6H3,(H,32,36)/t26-/m1/s1. The van der Waals surface area contributed by atoms with E-state index in [0.29, 0.717) is 12.2 Å². The molecular formula is C31H39N3O4S. The Morgan fingerprint density at radius 3 is 1.90 bits per heavy atom. The molecule has 0 aliphatic rings. The van der Waals surface area contributed by atoms with Crippen molar-refractivity contribution in [2.75, 3.05) is 17.4 Å². The third kappa shape index (κ3) is 7.69. The Hall–Kier alpha value is -3.65. The molecule has 0 radical (unpaired) electrons. The van der Waals surface area contributed by atoms with E-state index in [4.69, 9.17) is 0 Å². The lowest BCUT2D eigenvalue weighted by Crippen LogP contribution is -2.51. The van der Waals surface area contributed by atoms with Gasteiger partial charge in [0.15, 0.2) is 0 Å². The highest BCUT2D eigenvalue weighted by molar-refractivity contribution is 7.92. The van der Waals surface area contributed by atoms with Crippen LogP contribution < -0.4 is 9.62 Å². The molecule has 1 atom stereocenters.